The van der Waals surface area contributed by atoms with Crippen molar-refractivity contribution in [2.75, 3.05) is 33.3 Å². The van der Waals surface area contributed by atoms with Crippen molar-refractivity contribution in [3.8, 4) is 11.5 Å². The number of rotatable bonds is 9. The molecule has 1 saturated heterocycles. The fourth-order valence-corrected chi connectivity index (χ4v) is 4.12. The van der Waals surface area contributed by atoms with Gasteiger partial charge in [0.25, 0.3) is 11.7 Å². The van der Waals surface area contributed by atoms with Gasteiger partial charge in [0.1, 0.15) is 23.1 Å². The highest BCUT2D eigenvalue weighted by Crippen LogP contribution is 2.41. The Bertz CT molecular complexity index is 1060. The zero-order valence-electron chi connectivity index (χ0n) is 19.0. The Kier molecular flexibility index (Phi) is 7.71. The van der Waals surface area contributed by atoms with Crippen LogP contribution in [0.3, 0.4) is 0 Å². The van der Waals surface area contributed by atoms with E-state index in [-0.39, 0.29) is 23.4 Å². The van der Waals surface area contributed by atoms with Gasteiger partial charge in [-0.1, -0.05) is 26.0 Å². The van der Waals surface area contributed by atoms with Gasteiger partial charge in [-0.15, -0.1) is 0 Å². The number of hydrogen-bond acceptors (Lipinski definition) is 6. The number of aromatic hydroxyl groups is 1. The molecule has 1 atom stereocenters. The predicted octanol–water partition coefficient (Wildman–Crippen LogP) is 3.69. The summed E-state index contributed by atoms with van der Waals surface area (Å²) in [6.45, 7) is 6.80. The van der Waals surface area contributed by atoms with Crippen LogP contribution >= 0.6 is 0 Å². The van der Waals surface area contributed by atoms with Crippen molar-refractivity contribution in [2.24, 2.45) is 0 Å². The van der Waals surface area contributed by atoms with Crippen molar-refractivity contribution in [1.82, 2.24) is 9.80 Å². The largest absolute Gasteiger partial charge is 0.507 e. The average Bonchev–Trinajstić information content (AvgIpc) is 3.06. The minimum Gasteiger partial charge on any atom is -0.507 e. The molecule has 176 valence electrons. The average molecular weight is 457 g/mol. The second-order valence-corrected chi connectivity index (χ2v) is 7.81. The van der Waals surface area contributed by atoms with Crippen molar-refractivity contribution in [2.45, 2.75) is 26.3 Å². The molecule has 2 aromatic rings. The number of aliphatic hydroxyl groups excluding tert-OH is 1. The Morgan fingerprint density at radius 2 is 1.88 bits per heavy atom. The highest BCUT2D eigenvalue weighted by Gasteiger charge is 2.46. The summed E-state index contributed by atoms with van der Waals surface area (Å²) in [4.78, 5) is 29.6. The summed E-state index contributed by atoms with van der Waals surface area (Å²) in [7, 11) is 1.43. The Balaban J connectivity index is 2.06. The topological polar surface area (TPSA) is 90.3 Å². The fraction of sp³-hybridized carbons (Fsp3) is 0.360. The normalized spacial score (nSPS) is 17.7. The van der Waals surface area contributed by atoms with Crippen LogP contribution in [0.5, 0.6) is 11.5 Å². The molecule has 0 aromatic heterocycles. The van der Waals surface area contributed by atoms with Crippen LogP contribution in [-0.2, 0) is 9.59 Å². The van der Waals surface area contributed by atoms with Crippen molar-refractivity contribution >= 4 is 17.4 Å². The predicted molar refractivity (Wildman–Crippen MR) is 122 cm³/mol. The van der Waals surface area contributed by atoms with E-state index < -0.39 is 29.3 Å². The number of nitrogens with zero attached hydrogens (tertiary/aromatic N) is 2. The van der Waals surface area contributed by atoms with Gasteiger partial charge in [0.2, 0.25) is 0 Å². The van der Waals surface area contributed by atoms with Crippen LogP contribution in [0.15, 0.2) is 48.0 Å². The Hall–Kier alpha value is -3.39. The number of halogens is 1. The lowest BCUT2D eigenvalue weighted by molar-refractivity contribution is -0.140. The third-order valence-electron chi connectivity index (χ3n) is 5.93. The molecule has 1 aliphatic heterocycles. The smallest absolute Gasteiger partial charge is 0.295 e. The standard InChI is InChI=1S/C25H29FN2O5/c1-4-27(5-2)12-7-13-28-22(16-8-6-9-17(26)14-16)21(24(31)25(28)32)23(30)19-11-10-18(33-3)15-20(19)29/h6,8-11,14-15,22,29-30H,4-5,7,12-13H2,1-3H3/b23-21+. The first-order valence-corrected chi connectivity index (χ1v) is 11.0. The van der Waals surface area contributed by atoms with Gasteiger partial charge in [-0.05, 0) is 55.9 Å². The van der Waals surface area contributed by atoms with Crippen LogP contribution in [0.25, 0.3) is 5.76 Å². The third kappa shape index (κ3) is 5.01. The molecule has 8 heteroatoms. The minimum atomic E-state index is -0.973. The van der Waals surface area contributed by atoms with Crippen molar-refractivity contribution in [3.05, 3.63) is 65.0 Å². The number of carbonyl (C=O) groups is 2. The van der Waals surface area contributed by atoms with E-state index in [4.69, 9.17) is 4.74 Å². The number of likely N-dealkylation sites (tertiary alicyclic amines) is 1. The van der Waals surface area contributed by atoms with Crippen molar-refractivity contribution in [1.29, 1.82) is 0 Å². The zero-order valence-corrected chi connectivity index (χ0v) is 19.0. The number of ether oxygens (including phenoxy) is 1. The molecule has 0 saturated carbocycles. The summed E-state index contributed by atoms with van der Waals surface area (Å²) in [5.74, 6) is -2.62. The molecule has 3 rings (SSSR count). The first-order chi connectivity index (χ1) is 15.8. The SMILES string of the molecule is CCN(CC)CCCN1C(=O)C(=O)/C(=C(/O)c2ccc(OC)cc2O)C1c1cccc(F)c1. The molecular formula is C25H29FN2O5. The monoisotopic (exact) mass is 456 g/mol. The molecule has 1 aliphatic rings. The number of amides is 1. The second-order valence-electron chi connectivity index (χ2n) is 7.81. The summed E-state index contributed by atoms with van der Waals surface area (Å²) in [5.41, 5.74) is 0.166. The van der Waals surface area contributed by atoms with E-state index in [1.54, 1.807) is 6.07 Å². The quantitative estimate of drug-likeness (QED) is 0.340. The fourth-order valence-electron chi connectivity index (χ4n) is 4.12. The van der Waals surface area contributed by atoms with Gasteiger partial charge in [0.15, 0.2) is 0 Å². The van der Waals surface area contributed by atoms with E-state index in [1.165, 1.54) is 48.4 Å². The lowest BCUT2D eigenvalue weighted by Crippen LogP contribution is -2.33. The molecule has 0 spiro atoms. The molecule has 2 aromatic carbocycles. The van der Waals surface area contributed by atoms with E-state index in [2.05, 4.69) is 4.90 Å². The number of benzene rings is 2. The molecular weight excluding hydrogens is 427 g/mol. The summed E-state index contributed by atoms with van der Waals surface area (Å²) in [6, 6.07) is 8.86. The number of aliphatic hydroxyl groups is 1. The summed E-state index contributed by atoms with van der Waals surface area (Å²) in [6.07, 6.45) is 0.605. The van der Waals surface area contributed by atoms with E-state index in [0.717, 1.165) is 19.6 Å². The lowest BCUT2D eigenvalue weighted by Gasteiger charge is -2.27. The maximum Gasteiger partial charge on any atom is 0.295 e. The number of methoxy groups -OCH3 is 1. The minimum absolute atomic E-state index is 0.0154. The summed E-state index contributed by atoms with van der Waals surface area (Å²) >= 11 is 0. The van der Waals surface area contributed by atoms with Crippen LogP contribution < -0.4 is 4.74 Å². The molecule has 0 radical (unpaired) electrons. The van der Waals surface area contributed by atoms with E-state index in [1.807, 2.05) is 13.8 Å². The molecule has 1 unspecified atom stereocenters. The van der Waals surface area contributed by atoms with Gasteiger partial charge in [0, 0.05) is 12.6 Å². The van der Waals surface area contributed by atoms with Crippen molar-refractivity contribution in [3.63, 3.8) is 0 Å². The van der Waals surface area contributed by atoms with Crippen LogP contribution in [0, 0.1) is 5.82 Å². The number of phenols is 1. The Morgan fingerprint density at radius 1 is 1.15 bits per heavy atom. The molecule has 1 amide bonds. The lowest BCUT2D eigenvalue weighted by atomic mass is 9.95. The Morgan fingerprint density at radius 3 is 2.48 bits per heavy atom. The summed E-state index contributed by atoms with van der Waals surface area (Å²) < 4.78 is 19.1. The van der Waals surface area contributed by atoms with Gasteiger partial charge in [-0.3, -0.25) is 9.59 Å². The number of carbonyl (C=O) groups excluding carboxylic acids is 2. The first-order valence-electron chi connectivity index (χ1n) is 11.0. The molecule has 33 heavy (non-hydrogen) atoms. The number of hydrogen-bond donors (Lipinski definition) is 2. The van der Waals surface area contributed by atoms with Gasteiger partial charge in [-0.25, -0.2) is 4.39 Å². The molecule has 7 nitrogen and oxygen atoms in total. The van der Waals surface area contributed by atoms with Crippen LogP contribution in [-0.4, -0.2) is 65.0 Å². The number of Topliss-reactive ketones (excluding diaryl/α,β-unsaturated/α-hetero) is 1. The number of ketones is 1. The van der Waals surface area contributed by atoms with Gasteiger partial charge in [-0.2, -0.15) is 0 Å². The van der Waals surface area contributed by atoms with E-state index in [9.17, 15) is 24.2 Å². The maximum absolute atomic E-state index is 14.1. The van der Waals surface area contributed by atoms with Gasteiger partial charge < -0.3 is 24.7 Å². The molecule has 1 heterocycles. The van der Waals surface area contributed by atoms with Crippen LogP contribution in [0.1, 0.15) is 37.4 Å². The molecule has 0 aliphatic carbocycles. The van der Waals surface area contributed by atoms with Crippen molar-refractivity contribution < 1.29 is 28.9 Å². The molecule has 2 N–H and O–H groups in total. The highest BCUT2D eigenvalue weighted by molar-refractivity contribution is 6.46. The Labute approximate surface area is 192 Å². The molecule has 0 bridgehead atoms. The van der Waals surface area contributed by atoms with Crippen LogP contribution in [0.4, 0.5) is 4.39 Å². The van der Waals surface area contributed by atoms with E-state index in [0.29, 0.717) is 17.7 Å². The van der Waals surface area contributed by atoms with Gasteiger partial charge >= 0.3 is 0 Å². The maximum atomic E-state index is 14.1. The first kappa shape index (κ1) is 24.3. The second kappa shape index (κ2) is 10.5. The van der Waals surface area contributed by atoms with E-state index >= 15 is 0 Å². The molecule has 1 fully saturated rings. The highest BCUT2D eigenvalue weighted by atomic mass is 19.1. The van der Waals surface area contributed by atoms with Gasteiger partial charge in [0.05, 0.1) is 24.3 Å². The van der Waals surface area contributed by atoms with Crippen LogP contribution in [0.2, 0.25) is 0 Å². The summed E-state index contributed by atoms with van der Waals surface area (Å²) in [5, 5.41) is 21.4. The number of phenolic OH excluding ortho intramolecular Hbond substituents is 1. The third-order valence-corrected chi connectivity index (χ3v) is 5.93. The zero-order chi connectivity index (χ0) is 24.1.